The molecule has 0 saturated heterocycles. The third-order valence-corrected chi connectivity index (χ3v) is 4.87. The van der Waals surface area contributed by atoms with Gasteiger partial charge in [-0.2, -0.15) is 0 Å². The molecular formula is C16H18N2OS. The van der Waals surface area contributed by atoms with Gasteiger partial charge < -0.3 is 11.1 Å². The van der Waals surface area contributed by atoms with Gasteiger partial charge in [0.2, 0.25) is 5.91 Å². The Balaban J connectivity index is 1.68. The van der Waals surface area contributed by atoms with E-state index in [0.29, 0.717) is 6.54 Å². The molecule has 1 unspecified atom stereocenters. The van der Waals surface area contributed by atoms with Crippen molar-refractivity contribution in [2.24, 2.45) is 0 Å². The number of aryl methyl sites for hydroxylation is 1. The highest BCUT2D eigenvalue weighted by atomic mass is 32.1. The maximum absolute atomic E-state index is 12.4. The van der Waals surface area contributed by atoms with Crippen molar-refractivity contribution in [2.45, 2.75) is 31.7 Å². The van der Waals surface area contributed by atoms with Crippen LogP contribution in [-0.2, 0) is 17.8 Å². The second-order valence-corrected chi connectivity index (χ2v) is 6.16. The van der Waals surface area contributed by atoms with Crippen LogP contribution in [0.25, 0.3) is 0 Å². The fraction of sp³-hybridized carbons (Fsp3) is 0.312. The molecule has 1 atom stereocenters. The molecule has 0 aliphatic heterocycles. The van der Waals surface area contributed by atoms with Gasteiger partial charge in [-0.25, -0.2) is 0 Å². The zero-order chi connectivity index (χ0) is 13.9. The SMILES string of the molecule is Nc1ccccc1CNC(=O)C1CCCc2sccc21. The average Bonchev–Trinajstić information content (AvgIpc) is 2.94. The summed E-state index contributed by atoms with van der Waals surface area (Å²) in [6.45, 7) is 0.501. The molecule has 1 heterocycles. The number of rotatable bonds is 3. The van der Waals surface area contributed by atoms with E-state index in [1.54, 1.807) is 11.3 Å². The first-order chi connectivity index (χ1) is 9.75. The molecule has 1 aliphatic rings. The van der Waals surface area contributed by atoms with Crippen LogP contribution in [0.3, 0.4) is 0 Å². The van der Waals surface area contributed by atoms with Gasteiger partial charge in [0.1, 0.15) is 0 Å². The third kappa shape index (κ3) is 2.56. The van der Waals surface area contributed by atoms with E-state index in [9.17, 15) is 4.79 Å². The van der Waals surface area contributed by atoms with Gasteiger partial charge in [-0.15, -0.1) is 11.3 Å². The molecule has 104 valence electrons. The van der Waals surface area contributed by atoms with Gasteiger partial charge in [0.15, 0.2) is 0 Å². The van der Waals surface area contributed by atoms with Gasteiger partial charge in [-0.3, -0.25) is 4.79 Å². The minimum atomic E-state index is 0.00920. The van der Waals surface area contributed by atoms with Crippen molar-refractivity contribution in [3.05, 3.63) is 51.7 Å². The normalized spacial score (nSPS) is 17.5. The number of hydrogen-bond acceptors (Lipinski definition) is 3. The lowest BCUT2D eigenvalue weighted by atomic mass is 9.87. The number of anilines is 1. The number of carbonyl (C=O) groups excluding carboxylic acids is 1. The zero-order valence-electron chi connectivity index (χ0n) is 11.3. The van der Waals surface area contributed by atoms with Crippen molar-refractivity contribution < 1.29 is 4.79 Å². The van der Waals surface area contributed by atoms with Crippen LogP contribution in [0, 0.1) is 0 Å². The maximum atomic E-state index is 12.4. The summed E-state index contributed by atoms with van der Waals surface area (Å²) in [5, 5.41) is 5.11. The standard InChI is InChI=1S/C16H18N2OS/c17-14-6-2-1-4-11(14)10-18-16(19)13-5-3-7-15-12(13)8-9-20-15/h1-2,4,6,8-9,13H,3,5,7,10,17H2,(H,18,19). The van der Waals surface area contributed by atoms with Gasteiger partial charge in [0, 0.05) is 17.1 Å². The summed E-state index contributed by atoms with van der Waals surface area (Å²) in [7, 11) is 0. The first kappa shape index (κ1) is 13.2. The Kier molecular flexibility index (Phi) is 3.74. The minimum Gasteiger partial charge on any atom is -0.398 e. The molecule has 4 heteroatoms. The van der Waals surface area contributed by atoms with Crippen molar-refractivity contribution in [1.29, 1.82) is 0 Å². The molecule has 1 aromatic carbocycles. The Morgan fingerprint density at radius 1 is 1.35 bits per heavy atom. The van der Waals surface area contributed by atoms with E-state index in [4.69, 9.17) is 5.73 Å². The van der Waals surface area contributed by atoms with E-state index < -0.39 is 0 Å². The molecule has 2 aromatic rings. The topological polar surface area (TPSA) is 55.1 Å². The molecular weight excluding hydrogens is 268 g/mol. The van der Waals surface area contributed by atoms with E-state index in [1.807, 2.05) is 24.3 Å². The summed E-state index contributed by atoms with van der Waals surface area (Å²) in [6, 6.07) is 9.75. The Labute approximate surface area is 122 Å². The number of para-hydroxylation sites is 1. The van der Waals surface area contributed by atoms with E-state index in [2.05, 4.69) is 16.8 Å². The number of amides is 1. The maximum Gasteiger partial charge on any atom is 0.227 e. The van der Waals surface area contributed by atoms with E-state index in [-0.39, 0.29) is 11.8 Å². The lowest BCUT2D eigenvalue weighted by Crippen LogP contribution is -2.30. The van der Waals surface area contributed by atoms with Crippen molar-refractivity contribution in [3.63, 3.8) is 0 Å². The van der Waals surface area contributed by atoms with E-state index >= 15 is 0 Å². The van der Waals surface area contributed by atoms with E-state index in [0.717, 1.165) is 30.5 Å². The summed E-state index contributed by atoms with van der Waals surface area (Å²) < 4.78 is 0. The molecule has 0 bridgehead atoms. The Morgan fingerprint density at radius 3 is 3.05 bits per heavy atom. The van der Waals surface area contributed by atoms with Gasteiger partial charge in [-0.05, 0) is 47.9 Å². The predicted molar refractivity (Wildman–Crippen MR) is 82.7 cm³/mol. The monoisotopic (exact) mass is 286 g/mol. The number of nitrogen functional groups attached to an aromatic ring is 1. The fourth-order valence-corrected chi connectivity index (χ4v) is 3.75. The lowest BCUT2D eigenvalue weighted by Gasteiger charge is -2.22. The van der Waals surface area contributed by atoms with Crippen LogP contribution < -0.4 is 11.1 Å². The number of nitrogens with two attached hydrogens (primary N) is 1. The van der Waals surface area contributed by atoms with Crippen LogP contribution in [0.2, 0.25) is 0 Å². The molecule has 1 amide bonds. The molecule has 0 saturated carbocycles. The predicted octanol–water partition coefficient (Wildman–Crippen LogP) is 3.07. The molecule has 0 fully saturated rings. The van der Waals surface area contributed by atoms with Crippen LogP contribution in [-0.4, -0.2) is 5.91 Å². The summed E-state index contributed by atoms with van der Waals surface area (Å²) in [5.74, 6) is 0.127. The van der Waals surface area contributed by atoms with Gasteiger partial charge >= 0.3 is 0 Å². The summed E-state index contributed by atoms with van der Waals surface area (Å²) in [5.41, 5.74) is 8.82. The van der Waals surface area contributed by atoms with Gasteiger partial charge in [0.05, 0.1) is 5.92 Å². The van der Waals surface area contributed by atoms with Crippen molar-refractivity contribution in [2.75, 3.05) is 5.73 Å². The Morgan fingerprint density at radius 2 is 2.20 bits per heavy atom. The second kappa shape index (κ2) is 5.67. The number of fused-ring (bicyclic) bond motifs is 1. The summed E-state index contributed by atoms with van der Waals surface area (Å²) in [4.78, 5) is 13.8. The van der Waals surface area contributed by atoms with E-state index in [1.165, 1.54) is 10.4 Å². The Hall–Kier alpha value is -1.81. The zero-order valence-corrected chi connectivity index (χ0v) is 12.1. The van der Waals surface area contributed by atoms with Gasteiger partial charge in [0.25, 0.3) is 0 Å². The van der Waals surface area contributed by atoms with Crippen molar-refractivity contribution >= 4 is 22.9 Å². The number of hydrogen-bond donors (Lipinski definition) is 2. The molecule has 3 N–H and O–H groups in total. The molecule has 0 radical (unpaired) electrons. The minimum absolute atomic E-state index is 0.00920. The Bertz CT molecular complexity index is 620. The van der Waals surface area contributed by atoms with Crippen LogP contribution in [0.5, 0.6) is 0 Å². The highest BCUT2D eigenvalue weighted by molar-refractivity contribution is 7.10. The van der Waals surface area contributed by atoms with Crippen LogP contribution >= 0.6 is 11.3 Å². The summed E-state index contributed by atoms with van der Waals surface area (Å²) >= 11 is 1.76. The lowest BCUT2D eigenvalue weighted by molar-refractivity contribution is -0.123. The van der Waals surface area contributed by atoms with Crippen molar-refractivity contribution in [1.82, 2.24) is 5.32 Å². The third-order valence-electron chi connectivity index (χ3n) is 3.88. The molecule has 3 nitrogen and oxygen atoms in total. The van der Waals surface area contributed by atoms with Crippen molar-refractivity contribution in [3.8, 4) is 0 Å². The second-order valence-electron chi connectivity index (χ2n) is 5.16. The highest BCUT2D eigenvalue weighted by Gasteiger charge is 2.26. The number of nitrogens with one attached hydrogen (secondary N) is 1. The first-order valence-corrected chi connectivity index (χ1v) is 7.81. The fourth-order valence-electron chi connectivity index (χ4n) is 2.76. The first-order valence-electron chi connectivity index (χ1n) is 6.93. The summed E-state index contributed by atoms with van der Waals surface area (Å²) in [6.07, 6.45) is 3.15. The smallest absolute Gasteiger partial charge is 0.227 e. The van der Waals surface area contributed by atoms with Crippen LogP contribution in [0.1, 0.15) is 34.8 Å². The molecule has 1 aliphatic carbocycles. The number of carbonyl (C=O) groups is 1. The number of benzene rings is 1. The molecule has 3 rings (SSSR count). The average molecular weight is 286 g/mol. The number of thiophene rings is 1. The molecule has 0 spiro atoms. The largest absolute Gasteiger partial charge is 0.398 e. The van der Waals surface area contributed by atoms with Gasteiger partial charge in [-0.1, -0.05) is 18.2 Å². The molecule has 1 aromatic heterocycles. The van der Waals surface area contributed by atoms with Crippen LogP contribution in [0.4, 0.5) is 5.69 Å². The highest BCUT2D eigenvalue weighted by Crippen LogP contribution is 2.35. The molecule has 20 heavy (non-hydrogen) atoms. The quantitative estimate of drug-likeness (QED) is 0.852. The van der Waals surface area contributed by atoms with Crippen LogP contribution in [0.15, 0.2) is 35.7 Å².